The molecule has 1 rings (SSSR count). The molecule has 0 atom stereocenters. The van der Waals surface area contributed by atoms with E-state index in [1.165, 1.54) is 0 Å². The van der Waals surface area contributed by atoms with Gasteiger partial charge in [0, 0.05) is 19.3 Å². The smallest absolute Gasteiger partial charge is 0.328 e. The molecular formula is C10H7I2NO3. The van der Waals surface area contributed by atoms with E-state index in [1.54, 1.807) is 6.07 Å². The Labute approximate surface area is 119 Å². The van der Waals surface area contributed by atoms with Crippen LogP contribution in [0.4, 0.5) is 5.69 Å². The van der Waals surface area contributed by atoms with Gasteiger partial charge >= 0.3 is 5.97 Å². The van der Waals surface area contributed by atoms with Gasteiger partial charge in [-0.05, 0) is 63.4 Å². The number of carboxylic acids is 1. The number of anilines is 1. The summed E-state index contributed by atoms with van der Waals surface area (Å²) in [6, 6.07) is 5.55. The van der Waals surface area contributed by atoms with E-state index in [0.717, 1.165) is 19.3 Å². The number of halogens is 2. The number of nitrogens with one attached hydrogen (secondary N) is 1. The van der Waals surface area contributed by atoms with Crippen molar-refractivity contribution in [3.05, 3.63) is 37.5 Å². The Bertz CT molecular complexity index is 457. The fourth-order valence-corrected chi connectivity index (χ4v) is 2.65. The lowest BCUT2D eigenvalue weighted by Crippen LogP contribution is -2.09. The summed E-state index contributed by atoms with van der Waals surface area (Å²) in [5.41, 5.74) is 0.668. The Balaban J connectivity index is 2.73. The zero-order valence-corrected chi connectivity index (χ0v) is 12.2. The van der Waals surface area contributed by atoms with Crippen LogP contribution >= 0.6 is 45.2 Å². The van der Waals surface area contributed by atoms with Crippen LogP contribution < -0.4 is 5.32 Å². The van der Waals surface area contributed by atoms with Crippen molar-refractivity contribution in [3.8, 4) is 0 Å². The molecule has 1 aromatic rings. The van der Waals surface area contributed by atoms with Crippen LogP contribution in [-0.2, 0) is 9.59 Å². The molecule has 4 nitrogen and oxygen atoms in total. The number of rotatable bonds is 3. The average molecular weight is 443 g/mol. The van der Waals surface area contributed by atoms with Crippen molar-refractivity contribution in [2.75, 3.05) is 5.32 Å². The fraction of sp³-hybridized carbons (Fsp3) is 0. The lowest BCUT2D eigenvalue weighted by molar-refractivity contribution is -0.131. The van der Waals surface area contributed by atoms with Crippen molar-refractivity contribution in [1.82, 2.24) is 0 Å². The van der Waals surface area contributed by atoms with Gasteiger partial charge in [0.05, 0.1) is 5.69 Å². The predicted molar refractivity (Wildman–Crippen MR) is 77.3 cm³/mol. The SMILES string of the molecule is O=C(O)/C=C/C(=O)Nc1ccc(I)cc1I. The van der Waals surface area contributed by atoms with Gasteiger partial charge in [-0.1, -0.05) is 0 Å². The van der Waals surface area contributed by atoms with Gasteiger partial charge in [-0.3, -0.25) is 4.79 Å². The molecule has 16 heavy (non-hydrogen) atoms. The highest BCUT2D eigenvalue weighted by atomic mass is 127. The van der Waals surface area contributed by atoms with Crippen molar-refractivity contribution in [3.63, 3.8) is 0 Å². The predicted octanol–water partition coefficient (Wildman–Crippen LogP) is 2.48. The maximum atomic E-state index is 11.3. The van der Waals surface area contributed by atoms with Crippen molar-refractivity contribution in [2.45, 2.75) is 0 Å². The van der Waals surface area contributed by atoms with E-state index in [9.17, 15) is 9.59 Å². The summed E-state index contributed by atoms with van der Waals surface area (Å²) < 4.78 is 1.97. The van der Waals surface area contributed by atoms with Crippen molar-refractivity contribution in [2.24, 2.45) is 0 Å². The fourth-order valence-electron chi connectivity index (χ4n) is 0.912. The highest BCUT2D eigenvalue weighted by Crippen LogP contribution is 2.20. The van der Waals surface area contributed by atoms with E-state index in [-0.39, 0.29) is 0 Å². The molecule has 0 aromatic heterocycles. The maximum Gasteiger partial charge on any atom is 0.328 e. The first-order chi connectivity index (χ1) is 7.49. The number of carboxylic acid groups (broad SMARTS) is 1. The van der Waals surface area contributed by atoms with E-state index < -0.39 is 11.9 Å². The van der Waals surface area contributed by atoms with Crippen LogP contribution in [0, 0.1) is 7.14 Å². The van der Waals surface area contributed by atoms with Gasteiger partial charge in [0.2, 0.25) is 5.91 Å². The number of amides is 1. The Morgan fingerprint density at radius 3 is 2.50 bits per heavy atom. The molecule has 84 valence electrons. The Morgan fingerprint density at radius 1 is 1.25 bits per heavy atom. The number of hydrogen-bond donors (Lipinski definition) is 2. The molecule has 6 heteroatoms. The largest absolute Gasteiger partial charge is 0.478 e. The molecule has 2 N–H and O–H groups in total. The van der Waals surface area contributed by atoms with E-state index in [1.807, 2.05) is 12.1 Å². The molecule has 0 aliphatic heterocycles. The van der Waals surface area contributed by atoms with Gasteiger partial charge in [0.15, 0.2) is 0 Å². The van der Waals surface area contributed by atoms with Crippen molar-refractivity contribution in [1.29, 1.82) is 0 Å². The van der Waals surface area contributed by atoms with E-state index >= 15 is 0 Å². The molecule has 0 saturated carbocycles. The first kappa shape index (κ1) is 13.4. The minimum Gasteiger partial charge on any atom is -0.478 e. The summed E-state index contributed by atoms with van der Waals surface area (Å²) in [4.78, 5) is 21.5. The average Bonchev–Trinajstić information content (AvgIpc) is 2.19. The molecule has 0 bridgehead atoms. The third-order valence-electron chi connectivity index (χ3n) is 1.57. The monoisotopic (exact) mass is 443 g/mol. The van der Waals surface area contributed by atoms with Crippen LogP contribution in [-0.4, -0.2) is 17.0 Å². The third kappa shape index (κ3) is 4.47. The molecule has 0 radical (unpaired) electrons. The topological polar surface area (TPSA) is 66.4 Å². The summed E-state index contributed by atoms with van der Waals surface area (Å²) in [7, 11) is 0. The number of benzene rings is 1. The molecule has 0 aliphatic carbocycles. The molecule has 0 unspecified atom stereocenters. The number of aliphatic carboxylic acids is 1. The normalized spacial score (nSPS) is 10.4. The highest BCUT2D eigenvalue weighted by Gasteiger charge is 2.03. The zero-order valence-electron chi connectivity index (χ0n) is 7.91. The van der Waals surface area contributed by atoms with Gasteiger partial charge in [-0.15, -0.1) is 0 Å². The first-order valence-corrected chi connectivity index (χ1v) is 6.32. The van der Waals surface area contributed by atoms with Gasteiger partial charge in [0.1, 0.15) is 0 Å². The summed E-state index contributed by atoms with van der Waals surface area (Å²) in [5.74, 6) is -1.60. The lowest BCUT2D eigenvalue weighted by Gasteiger charge is -2.04. The first-order valence-electron chi connectivity index (χ1n) is 4.16. The summed E-state index contributed by atoms with van der Waals surface area (Å²) in [5, 5.41) is 10.9. The number of carbonyl (C=O) groups is 2. The second-order valence-electron chi connectivity index (χ2n) is 2.78. The molecule has 0 saturated heterocycles. The minimum absolute atomic E-state index is 0.457. The molecule has 1 aromatic carbocycles. The van der Waals surface area contributed by atoms with Crippen molar-refractivity contribution < 1.29 is 14.7 Å². The molecule has 0 spiro atoms. The van der Waals surface area contributed by atoms with E-state index in [4.69, 9.17) is 5.11 Å². The Hall–Kier alpha value is -0.640. The van der Waals surface area contributed by atoms with Crippen LogP contribution in [0.2, 0.25) is 0 Å². The summed E-state index contributed by atoms with van der Waals surface area (Å²) >= 11 is 4.27. The number of carbonyl (C=O) groups excluding carboxylic acids is 1. The molecule has 0 aliphatic rings. The van der Waals surface area contributed by atoms with E-state index in [2.05, 4.69) is 50.5 Å². The summed E-state index contributed by atoms with van der Waals surface area (Å²) in [6.45, 7) is 0. The molecule has 0 heterocycles. The zero-order chi connectivity index (χ0) is 12.1. The van der Waals surface area contributed by atoms with Gasteiger partial charge in [0.25, 0.3) is 0 Å². The van der Waals surface area contributed by atoms with Crippen LogP contribution in [0.1, 0.15) is 0 Å². The quantitative estimate of drug-likeness (QED) is 0.558. The minimum atomic E-state index is -1.15. The van der Waals surface area contributed by atoms with Crippen LogP contribution in [0.5, 0.6) is 0 Å². The van der Waals surface area contributed by atoms with Crippen LogP contribution in [0.15, 0.2) is 30.4 Å². The third-order valence-corrected chi connectivity index (χ3v) is 3.13. The van der Waals surface area contributed by atoms with Gasteiger partial charge in [-0.25, -0.2) is 4.79 Å². The molecule has 1 amide bonds. The Kier molecular flexibility index (Phi) is 5.19. The second-order valence-corrected chi connectivity index (χ2v) is 5.19. The summed E-state index contributed by atoms with van der Waals surface area (Å²) in [6.07, 6.45) is 1.78. The highest BCUT2D eigenvalue weighted by molar-refractivity contribution is 14.1. The van der Waals surface area contributed by atoms with Gasteiger partial charge in [-0.2, -0.15) is 0 Å². The maximum absolute atomic E-state index is 11.3. The molecular weight excluding hydrogens is 436 g/mol. The second kappa shape index (κ2) is 6.18. The molecule has 0 fully saturated rings. The van der Waals surface area contributed by atoms with Crippen LogP contribution in [0.25, 0.3) is 0 Å². The standard InChI is InChI=1S/C10H7I2NO3/c11-6-1-2-8(7(12)5-6)13-9(14)3-4-10(15)16/h1-5H,(H,13,14)(H,15,16)/b4-3+. The Morgan fingerprint density at radius 2 is 1.94 bits per heavy atom. The van der Waals surface area contributed by atoms with Gasteiger partial charge < -0.3 is 10.4 Å². The van der Waals surface area contributed by atoms with Crippen molar-refractivity contribution >= 4 is 62.7 Å². The van der Waals surface area contributed by atoms with Crippen LogP contribution in [0.3, 0.4) is 0 Å². The van der Waals surface area contributed by atoms with E-state index in [0.29, 0.717) is 5.69 Å². The number of hydrogen-bond acceptors (Lipinski definition) is 2. The lowest BCUT2D eigenvalue weighted by atomic mass is 10.3.